The van der Waals surface area contributed by atoms with Crippen molar-refractivity contribution in [3.8, 4) is 5.88 Å². The molecule has 0 bridgehead atoms. The van der Waals surface area contributed by atoms with Crippen LogP contribution in [0.5, 0.6) is 5.88 Å². The monoisotopic (exact) mass is 394 g/mol. The van der Waals surface area contributed by atoms with Crippen LogP contribution in [0.15, 0.2) is 48.5 Å². The molecule has 1 aromatic heterocycles. The highest BCUT2D eigenvalue weighted by atomic mass is 16.7. The van der Waals surface area contributed by atoms with Crippen molar-refractivity contribution in [1.82, 2.24) is 4.73 Å². The minimum atomic E-state index is -0.831. The first kappa shape index (κ1) is 20.1. The summed E-state index contributed by atoms with van der Waals surface area (Å²) in [4.78, 5) is 42.3. The van der Waals surface area contributed by atoms with Crippen LogP contribution in [0.3, 0.4) is 0 Å². The van der Waals surface area contributed by atoms with Crippen LogP contribution >= 0.6 is 0 Å². The first-order valence-electron chi connectivity index (χ1n) is 9.07. The fraction of sp³-hybridized carbons (Fsp3) is 0.227. The normalized spacial score (nSPS) is 11.3. The number of carbonyl (C=O) groups is 3. The van der Waals surface area contributed by atoms with E-state index in [-0.39, 0.29) is 17.0 Å². The van der Waals surface area contributed by atoms with Crippen LogP contribution in [0.1, 0.15) is 43.6 Å². The molecule has 0 atom stereocenters. The Balaban J connectivity index is 2.21. The van der Waals surface area contributed by atoms with E-state index in [2.05, 4.69) is 5.32 Å². The lowest BCUT2D eigenvalue weighted by molar-refractivity contribution is -0.153. The number of hydrogen-bond acceptors (Lipinski definition) is 5. The number of nitrogens with one attached hydrogen (secondary N) is 1. The van der Waals surface area contributed by atoms with Crippen LogP contribution in [0.4, 0.5) is 5.69 Å². The fourth-order valence-corrected chi connectivity index (χ4v) is 2.80. The van der Waals surface area contributed by atoms with Gasteiger partial charge in [0.2, 0.25) is 11.8 Å². The Labute approximate surface area is 167 Å². The summed E-state index contributed by atoms with van der Waals surface area (Å²) in [6, 6.07) is 13.2. The molecule has 1 heterocycles. The SMILES string of the molecule is CC(=O)Nc1ccc2c(C(=O)c3ccccc3)c(O)n(OC(=O)C(C)(C)C)c2c1. The second kappa shape index (κ2) is 7.43. The van der Waals surface area contributed by atoms with Gasteiger partial charge in [-0.25, -0.2) is 4.79 Å². The number of aromatic nitrogens is 1. The van der Waals surface area contributed by atoms with Crippen molar-refractivity contribution in [2.24, 2.45) is 5.41 Å². The predicted molar refractivity (Wildman–Crippen MR) is 109 cm³/mol. The molecule has 0 aliphatic carbocycles. The molecule has 150 valence electrons. The van der Waals surface area contributed by atoms with Crippen molar-refractivity contribution < 1.29 is 24.3 Å². The van der Waals surface area contributed by atoms with Gasteiger partial charge in [0, 0.05) is 23.6 Å². The first-order chi connectivity index (χ1) is 13.6. The Hall–Kier alpha value is -3.61. The summed E-state index contributed by atoms with van der Waals surface area (Å²) in [5, 5.41) is 13.8. The molecular weight excluding hydrogens is 372 g/mol. The minimum absolute atomic E-state index is 0.0160. The minimum Gasteiger partial charge on any atom is -0.492 e. The zero-order valence-electron chi connectivity index (χ0n) is 16.6. The van der Waals surface area contributed by atoms with Gasteiger partial charge in [0.25, 0.3) is 0 Å². The molecule has 0 saturated heterocycles. The highest BCUT2D eigenvalue weighted by Crippen LogP contribution is 2.34. The van der Waals surface area contributed by atoms with Crippen LogP contribution in [-0.2, 0) is 9.59 Å². The summed E-state index contributed by atoms with van der Waals surface area (Å²) >= 11 is 0. The van der Waals surface area contributed by atoms with Gasteiger partial charge in [0.1, 0.15) is 0 Å². The maximum atomic E-state index is 13.1. The Morgan fingerprint density at radius 1 is 1.03 bits per heavy atom. The first-order valence-corrected chi connectivity index (χ1v) is 9.07. The quantitative estimate of drug-likeness (QED) is 0.660. The van der Waals surface area contributed by atoms with Gasteiger partial charge in [-0.15, -0.1) is 4.73 Å². The molecule has 0 unspecified atom stereocenters. The van der Waals surface area contributed by atoms with E-state index >= 15 is 0 Å². The van der Waals surface area contributed by atoms with E-state index in [4.69, 9.17) is 4.84 Å². The number of ketones is 1. The zero-order valence-corrected chi connectivity index (χ0v) is 16.6. The molecule has 0 fully saturated rings. The molecule has 0 radical (unpaired) electrons. The smallest absolute Gasteiger partial charge is 0.338 e. The second-order valence-electron chi connectivity index (χ2n) is 7.73. The van der Waals surface area contributed by atoms with Gasteiger partial charge >= 0.3 is 5.97 Å². The van der Waals surface area contributed by atoms with Crippen molar-refractivity contribution in [3.05, 3.63) is 59.7 Å². The number of aromatic hydroxyl groups is 1. The third-order valence-corrected chi connectivity index (χ3v) is 4.27. The Bertz CT molecular complexity index is 1110. The summed E-state index contributed by atoms with van der Waals surface area (Å²) < 4.78 is 0.935. The van der Waals surface area contributed by atoms with Gasteiger partial charge in [-0.3, -0.25) is 9.59 Å². The Morgan fingerprint density at radius 3 is 2.28 bits per heavy atom. The van der Waals surface area contributed by atoms with Gasteiger partial charge in [0.15, 0.2) is 5.78 Å². The molecule has 1 amide bonds. The van der Waals surface area contributed by atoms with E-state index in [9.17, 15) is 19.5 Å². The fourth-order valence-electron chi connectivity index (χ4n) is 2.80. The highest BCUT2D eigenvalue weighted by molar-refractivity contribution is 6.18. The molecule has 2 N–H and O–H groups in total. The number of benzene rings is 2. The predicted octanol–water partition coefficient (Wildman–Crippen LogP) is 3.54. The average molecular weight is 394 g/mol. The second-order valence-corrected chi connectivity index (χ2v) is 7.73. The number of rotatable bonds is 4. The van der Waals surface area contributed by atoms with Crippen molar-refractivity contribution in [2.45, 2.75) is 27.7 Å². The lowest BCUT2D eigenvalue weighted by atomic mass is 9.98. The molecule has 0 aliphatic rings. The average Bonchev–Trinajstić information content (AvgIpc) is 2.92. The van der Waals surface area contributed by atoms with E-state index in [0.29, 0.717) is 16.6 Å². The van der Waals surface area contributed by atoms with Crippen LogP contribution in [0.2, 0.25) is 0 Å². The lowest BCUT2D eigenvalue weighted by Crippen LogP contribution is -2.31. The molecular formula is C22H22N2O5. The number of fused-ring (bicyclic) bond motifs is 1. The molecule has 0 saturated carbocycles. The topological polar surface area (TPSA) is 97.6 Å². The molecule has 3 rings (SSSR count). The number of anilines is 1. The van der Waals surface area contributed by atoms with E-state index in [1.165, 1.54) is 13.0 Å². The molecule has 3 aromatic rings. The summed E-state index contributed by atoms with van der Waals surface area (Å²) in [6.07, 6.45) is 0. The van der Waals surface area contributed by atoms with Crippen molar-refractivity contribution >= 4 is 34.3 Å². The van der Waals surface area contributed by atoms with Crippen molar-refractivity contribution in [2.75, 3.05) is 5.32 Å². The number of amides is 1. The standard InChI is InChI=1S/C22H22N2O5/c1-13(25)23-15-10-11-16-17(12-15)24(29-21(28)22(2,3)4)20(27)18(16)19(26)14-8-6-5-7-9-14/h5-12,27H,1-4H3,(H,23,25). The van der Waals surface area contributed by atoms with Crippen LogP contribution in [0, 0.1) is 5.41 Å². The largest absolute Gasteiger partial charge is 0.492 e. The molecule has 2 aromatic carbocycles. The van der Waals surface area contributed by atoms with Crippen molar-refractivity contribution in [1.29, 1.82) is 0 Å². The molecule has 29 heavy (non-hydrogen) atoms. The molecule has 0 aliphatic heterocycles. The van der Waals surface area contributed by atoms with E-state index in [0.717, 1.165) is 4.73 Å². The molecule has 7 nitrogen and oxygen atoms in total. The van der Waals surface area contributed by atoms with Gasteiger partial charge in [-0.1, -0.05) is 30.3 Å². The number of hydrogen-bond donors (Lipinski definition) is 2. The highest BCUT2D eigenvalue weighted by Gasteiger charge is 2.29. The van der Waals surface area contributed by atoms with Gasteiger partial charge in [0.05, 0.1) is 16.5 Å². The Kier molecular flexibility index (Phi) is 5.16. The van der Waals surface area contributed by atoms with Crippen LogP contribution < -0.4 is 10.2 Å². The summed E-state index contributed by atoms with van der Waals surface area (Å²) in [6.45, 7) is 6.40. The maximum absolute atomic E-state index is 13.1. The summed E-state index contributed by atoms with van der Waals surface area (Å²) in [7, 11) is 0. The van der Waals surface area contributed by atoms with Crippen LogP contribution in [0.25, 0.3) is 10.9 Å². The van der Waals surface area contributed by atoms with Gasteiger partial charge in [-0.05, 0) is 39.0 Å². The van der Waals surface area contributed by atoms with Gasteiger partial charge in [-0.2, -0.15) is 0 Å². The summed E-state index contributed by atoms with van der Waals surface area (Å²) in [5.41, 5.74) is 0.291. The number of carbonyl (C=O) groups excluding carboxylic acids is 3. The van der Waals surface area contributed by atoms with Crippen molar-refractivity contribution in [3.63, 3.8) is 0 Å². The third kappa shape index (κ3) is 3.99. The molecule has 7 heteroatoms. The van der Waals surface area contributed by atoms with Crippen LogP contribution in [-0.4, -0.2) is 27.5 Å². The van der Waals surface area contributed by atoms with E-state index in [1.807, 2.05) is 0 Å². The lowest BCUT2D eigenvalue weighted by Gasteiger charge is -2.17. The van der Waals surface area contributed by atoms with Gasteiger partial charge < -0.3 is 15.3 Å². The maximum Gasteiger partial charge on any atom is 0.338 e. The Morgan fingerprint density at radius 2 is 1.69 bits per heavy atom. The summed E-state index contributed by atoms with van der Waals surface area (Å²) in [5.74, 6) is -1.76. The number of nitrogens with zero attached hydrogens (tertiary/aromatic N) is 1. The third-order valence-electron chi connectivity index (χ3n) is 4.27. The zero-order chi connectivity index (χ0) is 21.3. The molecule has 0 spiro atoms. The van der Waals surface area contributed by atoms with E-state index < -0.39 is 23.0 Å². The van der Waals surface area contributed by atoms with E-state index in [1.54, 1.807) is 63.2 Å².